The molecule has 8 heteroatoms. The minimum absolute atomic E-state index is 0.0373. The Kier molecular flexibility index (Phi) is 6.82. The average molecular weight is 424 g/mol. The van der Waals surface area contributed by atoms with E-state index in [4.69, 9.17) is 8.92 Å². The highest BCUT2D eigenvalue weighted by molar-refractivity contribution is 7.87. The molecule has 0 saturated heterocycles. The summed E-state index contributed by atoms with van der Waals surface area (Å²) in [4.78, 5) is 12.0. The number of hydrogen-bond donors (Lipinski definition) is 1. The summed E-state index contributed by atoms with van der Waals surface area (Å²) in [6.45, 7) is 0. The first-order valence-electron chi connectivity index (χ1n) is 9.01. The monoisotopic (exact) mass is 424 g/mol. The molecule has 3 rings (SSSR count). The van der Waals surface area contributed by atoms with Crippen LogP contribution >= 0.6 is 0 Å². The molecule has 0 aliphatic carbocycles. The van der Waals surface area contributed by atoms with E-state index in [1.165, 1.54) is 31.5 Å². The predicted molar refractivity (Wildman–Crippen MR) is 113 cm³/mol. The van der Waals surface area contributed by atoms with Crippen LogP contribution in [0, 0.1) is 0 Å². The Morgan fingerprint density at radius 2 is 1.73 bits per heavy atom. The fourth-order valence-electron chi connectivity index (χ4n) is 2.58. The number of benzene rings is 3. The number of ether oxygens (including phenoxy) is 1. The van der Waals surface area contributed by atoms with Crippen molar-refractivity contribution in [1.82, 2.24) is 5.43 Å². The Labute approximate surface area is 175 Å². The van der Waals surface area contributed by atoms with Crippen LogP contribution in [0.15, 0.2) is 88.9 Å². The summed E-state index contributed by atoms with van der Waals surface area (Å²) >= 11 is 0. The van der Waals surface area contributed by atoms with E-state index in [1.807, 2.05) is 30.3 Å². The zero-order valence-corrected chi connectivity index (χ0v) is 17.0. The molecule has 7 nitrogen and oxygen atoms in total. The van der Waals surface area contributed by atoms with Crippen molar-refractivity contribution >= 4 is 22.2 Å². The molecule has 30 heavy (non-hydrogen) atoms. The summed E-state index contributed by atoms with van der Waals surface area (Å²) in [6.07, 6.45) is 1.51. The second-order valence-electron chi connectivity index (χ2n) is 6.21. The minimum Gasteiger partial charge on any atom is -0.497 e. The largest absolute Gasteiger partial charge is 0.497 e. The molecule has 0 heterocycles. The number of methoxy groups -OCH3 is 1. The molecular formula is C22H20N2O5S. The van der Waals surface area contributed by atoms with Crippen LogP contribution in [-0.2, 0) is 21.3 Å². The molecular weight excluding hydrogens is 404 g/mol. The van der Waals surface area contributed by atoms with Gasteiger partial charge in [0.2, 0.25) is 5.91 Å². The number of carbonyl (C=O) groups excluding carboxylic acids is 1. The van der Waals surface area contributed by atoms with Gasteiger partial charge in [0.05, 0.1) is 19.7 Å². The normalized spacial score (nSPS) is 11.2. The summed E-state index contributed by atoms with van der Waals surface area (Å²) in [5.41, 5.74) is 3.68. The summed E-state index contributed by atoms with van der Waals surface area (Å²) in [7, 11) is -2.63. The Morgan fingerprint density at radius 1 is 1.00 bits per heavy atom. The number of carbonyl (C=O) groups is 1. The number of nitrogens with zero attached hydrogens (tertiary/aromatic N) is 1. The van der Waals surface area contributed by atoms with Gasteiger partial charge in [0.1, 0.15) is 10.6 Å². The molecule has 0 atom stereocenters. The van der Waals surface area contributed by atoms with Crippen molar-refractivity contribution in [2.45, 2.75) is 11.3 Å². The van der Waals surface area contributed by atoms with E-state index in [0.29, 0.717) is 11.3 Å². The fourth-order valence-corrected chi connectivity index (χ4v) is 3.57. The minimum atomic E-state index is -4.08. The third-order valence-corrected chi connectivity index (χ3v) is 5.28. The van der Waals surface area contributed by atoms with Crippen LogP contribution in [0.3, 0.4) is 0 Å². The number of rotatable bonds is 8. The van der Waals surface area contributed by atoms with Gasteiger partial charge in [-0.2, -0.15) is 13.5 Å². The molecule has 0 fully saturated rings. The molecule has 1 N–H and O–H groups in total. The van der Waals surface area contributed by atoms with Crippen molar-refractivity contribution in [3.05, 3.63) is 90.0 Å². The van der Waals surface area contributed by atoms with E-state index in [-0.39, 0.29) is 23.0 Å². The molecule has 0 aliphatic heterocycles. The molecule has 0 bridgehead atoms. The van der Waals surface area contributed by atoms with Gasteiger partial charge in [-0.05, 0) is 29.8 Å². The van der Waals surface area contributed by atoms with Gasteiger partial charge in [-0.15, -0.1) is 0 Å². The summed E-state index contributed by atoms with van der Waals surface area (Å²) in [5.74, 6) is 0.192. The first-order chi connectivity index (χ1) is 14.5. The van der Waals surface area contributed by atoms with Crippen LogP contribution in [0.25, 0.3) is 0 Å². The van der Waals surface area contributed by atoms with Gasteiger partial charge in [0.25, 0.3) is 0 Å². The highest BCUT2D eigenvalue weighted by Gasteiger charge is 2.18. The highest BCUT2D eigenvalue weighted by Crippen LogP contribution is 2.24. The average Bonchev–Trinajstić information content (AvgIpc) is 2.75. The van der Waals surface area contributed by atoms with E-state index in [9.17, 15) is 13.2 Å². The standard InChI is InChI=1S/C22H20N2O5S/c1-28-19-11-7-12-20(15-19)30(26,27)29-21-13-6-5-10-18(21)16-23-24-22(25)14-17-8-3-2-4-9-17/h2-13,15-16H,14H2,1H3,(H,24,25)/b23-16+. The van der Waals surface area contributed by atoms with Crippen LogP contribution in [0.2, 0.25) is 0 Å². The third-order valence-electron chi connectivity index (χ3n) is 4.05. The molecule has 3 aromatic rings. The number of nitrogens with one attached hydrogen (secondary N) is 1. The van der Waals surface area contributed by atoms with Gasteiger partial charge < -0.3 is 8.92 Å². The zero-order chi connectivity index (χ0) is 21.4. The van der Waals surface area contributed by atoms with Crippen LogP contribution in [0.4, 0.5) is 0 Å². The van der Waals surface area contributed by atoms with Crippen LogP contribution in [0.5, 0.6) is 11.5 Å². The first kappa shape index (κ1) is 21.1. The molecule has 0 radical (unpaired) electrons. The Hall–Kier alpha value is -3.65. The van der Waals surface area contributed by atoms with Crippen molar-refractivity contribution in [2.24, 2.45) is 5.10 Å². The van der Waals surface area contributed by atoms with Crippen molar-refractivity contribution in [2.75, 3.05) is 7.11 Å². The first-order valence-corrected chi connectivity index (χ1v) is 10.4. The molecule has 0 unspecified atom stereocenters. The second kappa shape index (κ2) is 9.71. The smallest absolute Gasteiger partial charge is 0.339 e. The van der Waals surface area contributed by atoms with Crippen molar-refractivity contribution in [3.63, 3.8) is 0 Å². The molecule has 154 valence electrons. The Morgan fingerprint density at radius 3 is 2.50 bits per heavy atom. The van der Waals surface area contributed by atoms with Crippen LogP contribution < -0.4 is 14.3 Å². The number of para-hydroxylation sites is 1. The molecule has 0 aliphatic rings. The van der Waals surface area contributed by atoms with Gasteiger partial charge in [0, 0.05) is 11.6 Å². The van der Waals surface area contributed by atoms with Crippen molar-refractivity contribution in [1.29, 1.82) is 0 Å². The maximum absolute atomic E-state index is 12.6. The lowest BCUT2D eigenvalue weighted by Crippen LogP contribution is -2.19. The Balaban J connectivity index is 1.71. The van der Waals surface area contributed by atoms with Gasteiger partial charge >= 0.3 is 10.1 Å². The van der Waals surface area contributed by atoms with Crippen LogP contribution in [0.1, 0.15) is 11.1 Å². The predicted octanol–water partition coefficient (Wildman–Crippen LogP) is 3.16. The fraction of sp³-hybridized carbons (Fsp3) is 0.0909. The van der Waals surface area contributed by atoms with E-state index in [0.717, 1.165) is 5.56 Å². The lowest BCUT2D eigenvalue weighted by molar-refractivity contribution is -0.120. The van der Waals surface area contributed by atoms with E-state index >= 15 is 0 Å². The third kappa shape index (κ3) is 5.68. The molecule has 1 amide bonds. The summed E-state index contributed by atoms with van der Waals surface area (Å²) < 4.78 is 35.6. The summed E-state index contributed by atoms with van der Waals surface area (Å²) in [6, 6.07) is 21.7. The zero-order valence-electron chi connectivity index (χ0n) is 16.2. The van der Waals surface area contributed by atoms with Crippen LogP contribution in [-0.4, -0.2) is 27.6 Å². The number of hydrogen-bond acceptors (Lipinski definition) is 6. The number of hydrazone groups is 1. The lowest BCUT2D eigenvalue weighted by Gasteiger charge is -2.10. The van der Waals surface area contributed by atoms with Gasteiger partial charge in [-0.3, -0.25) is 4.79 Å². The SMILES string of the molecule is COc1cccc(S(=O)(=O)Oc2ccccc2/C=N/NC(=O)Cc2ccccc2)c1. The molecule has 0 saturated carbocycles. The number of amides is 1. The Bertz CT molecular complexity index is 1140. The maximum Gasteiger partial charge on any atom is 0.339 e. The topological polar surface area (TPSA) is 94.1 Å². The second-order valence-corrected chi connectivity index (χ2v) is 7.76. The van der Waals surface area contributed by atoms with Crippen molar-refractivity contribution < 1.29 is 22.1 Å². The maximum atomic E-state index is 12.6. The van der Waals surface area contributed by atoms with Crippen molar-refractivity contribution in [3.8, 4) is 11.5 Å². The van der Waals surface area contributed by atoms with Gasteiger partial charge in [0.15, 0.2) is 5.75 Å². The molecule has 0 aromatic heterocycles. The van der Waals surface area contributed by atoms with E-state index < -0.39 is 10.1 Å². The summed E-state index contributed by atoms with van der Waals surface area (Å²) in [5, 5.41) is 3.91. The van der Waals surface area contributed by atoms with E-state index in [1.54, 1.807) is 30.3 Å². The molecule has 0 spiro atoms. The van der Waals surface area contributed by atoms with Gasteiger partial charge in [-0.1, -0.05) is 48.5 Å². The molecule has 3 aromatic carbocycles. The quantitative estimate of drug-likeness (QED) is 0.341. The van der Waals surface area contributed by atoms with Gasteiger partial charge in [-0.25, -0.2) is 5.43 Å². The lowest BCUT2D eigenvalue weighted by atomic mass is 10.1. The highest BCUT2D eigenvalue weighted by atomic mass is 32.2. The van der Waals surface area contributed by atoms with E-state index in [2.05, 4.69) is 10.5 Å².